The Morgan fingerprint density at radius 2 is 2.10 bits per heavy atom. The Balaban J connectivity index is 2.11. The number of amides is 1. The van der Waals surface area contributed by atoms with Crippen LogP contribution in [0.1, 0.15) is 10.5 Å². The summed E-state index contributed by atoms with van der Waals surface area (Å²) >= 11 is 0. The highest BCUT2D eigenvalue weighted by Crippen LogP contribution is 2.28. The minimum Gasteiger partial charge on any atom is -0.497 e. The minimum absolute atomic E-state index is 0.0518. The molecule has 0 unspecified atom stereocenters. The van der Waals surface area contributed by atoms with E-state index < -0.39 is 0 Å². The zero-order valence-electron chi connectivity index (χ0n) is 11.8. The van der Waals surface area contributed by atoms with Gasteiger partial charge in [0.1, 0.15) is 18.0 Å². The van der Waals surface area contributed by atoms with Crippen LogP contribution in [0.3, 0.4) is 0 Å². The van der Waals surface area contributed by atoms with Crippen LogP contribution in [0.5, 0.6) is 11.5 Å². The molecule has 1 heterocycles. The third-order valence-electron chi connectivity index (χ3n) is 2.98. The molecule has 1 aromatic heterocycles. The molecule has 0 aliphatic rings. The Bertz CT molecular complexity index is 649. The highest BCUT2D eigenvalue weighted by Gasteiger charge is 2.10. The molecular weight excluding hydrogens is 272 g/mol. The zero-order valence-corrected chi connectivity index (χ0v) is 11.8. The number of rotatable bonds is 6. The van der Waals surface area contributed by atoms with Crippen molar-refractivity contribution in [2.24, 2.45) is 0 Å². The molecule has 0 atom stereocenters. The molecule has 0 radical (unpaired) electrons. The Hall–Kier alpha value is -2.76. The van der Waals surface area contributed by atoms with Crippen LogP contribution in [-0.2, 0) is 11.3 Å². The van der Waals surface area contributed by atoms with Gasteiger partial charge < -0.3 is 19.4 Å². The summed E-state index contributed by atoms with van der Waals surface area (Å²) in [5.74, 6) is 0.891. The molecule has 0 spiro atoms. The molecule has 21 heavy (non-hydrogen) atoms. The van der Waals surface area contributed by atoms with Gasteiger partial charge in [-0.05, 0) is 24.3 Å². The normalized spacial score (nSPS) is 10.0. The standard InChI is InChI=1S/C15H16N2O4/c1-20-12-5-6-13(14(8-12)21-2)16-15(19)9-17-7-3-4-11(17)10-18/h3-8,10H,9H2,1-2H3,(H,16,19). The van der Waals surface area contributed by atoms with Crippen LogP contribution < -0.4 is 14.8 Å². The van der Waals surface area contributed by atoms with E-state index in [1.807, 2.05) is 0 Å². The van der Waals surface area contributed by atoms with Crippen LogP contribution in [0, 0.1) is 0 Å². The van der Waals surface area contributed by atoms with Gasteiger partial charge in [0.05, 0.1) is 25.6 Å². The van der Waals surface area contributed by atoms with E-state index >= 15 is 0 Å². The maximum atomic E-state index is 12.0. The number of hydrogen-bond acceptors (Lipinski definition) is 4. The summed E-state index contributed by atoms with van der Waals surface area (Å²) < 4.78 is 11.9. The molecule has 0 saturated heterocycles. The lowest BCUT2D eigenvalue weighted by Crippen LogP contribution is -2.19. The van der Waals surface area contributed by atoms with Crippen molar-refractivity contribution in [2.75, 3.05) is 19.5 Å². The Morgan fingerprint density at radius 1 is 1.29 bits per heavy atom. The monoisotopic (exact) mass is 288 g/mol. The van der Waals surface area contributed by atoms with Gasteiger partial charge in [0.15, 0.2) is 6.29 Å². The molecular formula is C15H16N2O4. The second-order valence-corrected chi connectivity index (χ2v) is 4.29. The smallest absolute Gasteiger partial charge is 0.244 e. The fraction of sp³-hybridized carbons (Fsp3) is 0.200. The van der Waals surface area contributed by atoms with Crippen molar-refractivity contribution >= 4 is 17.9 Å². The third-order valence-corrected chi connectivity index (χ3v) is 2.98. The van der Waals surface area contributed by atoms with E-state index in [0.29, 0.717) is 29.2 Å². The number of aromatic nitrogens is 1. The fourth-order valence-electron chi connectivity index (χ4n) is 1.92. The summed E-state index contributed by atoms with van der Waals surface area (Å²) in [6, 6.07) is 8.47. The van der Waals surface area contributed by atoms with Crippen LogP contribution in [0.4, 0.5) is 5.69 Å². The lowest BCUT2D eigenvalue weighted by Gasteiger charge is -2.12. The second-order valence-electron chi connectivity index (χ2n) is 4.29. The first-order valence-electron chi connectivity index (χ1n) is 6.30. The van der Waals surface area contributed by atoms with Crippen molar-refractivity contribution in [1.29, 1.82) is 0 Å². The molecule has 2 rings (SSSR count). The Labute approximate surface area is 122 Å². The minimum atomic E-state index is -0.252. The Kier molecular flexibility index (Phi) is 4.61. The van der Waals surface area contributed by atoms with Gasteiger partial charge in [0, 0.05) is 12.3 Å². The predicted molar refractivity (Wildman–Crippen MR) is 78.0 cm³/mol. The van der Waals surface area contributed by atoms with E-state index in [2.05, 4.69) is 5.32 Å². The van der Waals surface area contributed by atoms with Gasteiger partial charge in [-0.1, -0.05) is 0 Å². The molecule has 110 valence electrons. The molecule has 6 heteroatoms. The van der Waals surface area contributed by atoms with Gasteiger partial charge in [-0.2, -0.15) is 0 Å². The highest BCUT2D eigenvalue weighted by molar-refractivity contribution is 5.92. The van der Waals surface area contributed by atoms with Crippen molar-refractivity contribution in [1.82, 2.24) is 4.57 Å². The van der Waals surface area contributed by atoms with E-state index in [-0.39, 0.29) is 12.5 Å². The van der Waals surface area contributed by atoms with Gasteiger partial charge in [0.25, 0.3) is 0 Å². The number of hydrogen-bond donors (Lipinski definition) is 1. The van der Waals surface area contributed by atoms with Crippen LogP contribution in [0.2, 0.25) is 0 Å². The number of benzene rings is 1. The summed E-state index contributed by atoms with van der Waals surface area (Å²) in [5, 5.41) is 2.75. The number of ether oxygens (including phenoxy) is 2. The van der Waals surface area contributed by atoms with Crippen LogP contribution in [0.15, 0.2) is 36.5 Å². The number of nitrogens with one attached hydrogen (secondary N) is 1. The van der Waals surface area contributed by atoms with E-state index in [1.54, 1.807) is 48.2 Å². The molecule has 1 amide bonds. The lowest BCUT2D eigenvalue weighted by atomic mass is 10.2. The van der Waals surface area contributed by atoms with E-state index in [9.17, 15) is 9.59 Å². The number of anilines is 1. The van der Waals surface area contributed by atoms with Crippen LogP contribution >= 0.6 is 0 Å². The van der Waals surface area contributed by atoms with E-state index in [4.69, 9.17) is 9.47 Å². The molecule has 0 aliphatic heterocycles. The second kappa shape index (κ2) is 6.60. The summed E-state index contributed by atoms with van der Waals surface area (Å²) in [5.41, 5.74) is 0.995. The van der Waals surface area contributed by atoms with E-state index in [0.717, 1.165) is 0 Å². The van der Waals surface area contributed by atoms with Crippen molar-refractivity contribution < 1.29 is 19.1 Å². The van der Waals surface area contributed by atoms with Gasteiger partial charge in [-0.15, -0.1) is 0 Å². The highest BCUT2D eigenvalue weighted by atomic mass is 16.5. The SMILES string of the molecule is COc1ccc(NC(=O)Cn2cccc2C=O)c(OC)c1. The van der Waals surface area contributed by atoms with Gasteiger partial charge in [0.2, 0.25) is 5.91 Å². The van der Waals surface area contributed by atoms with Gasteiger partial charge in [-0.25, -0.2) is 0 Å². The molecule has 0 fully saturated rings. The lowest BCUT2D eigenvalue weighted by molar-refractivity contribution is -0.116. The molecule has 6 nitrogen and oxygen atoms in total. The summed E-state index contributed by atoms with van der Waals surface area (Å²) in [6.45, 7) is 0.0518. The molecule has 1 aromatic carbocycles. The quantitative estimate of drug-likeness (QED) is 0.825. The maximum absolute atomic E-state index is 12.0. The third kappa shape index (κ3) is 3.42. The van der Waals surface area contributed by atoms with Gasteiger partial charge >= 0.3 is 0 Å². The van der Waals surface area contributed by atoms with E-state index in [1.165, 1.54) is 7.11 Å². The number of carbonyl (C=O) groups is 2. The maximum Gasteiger partial charge on any atom is 0.244 e. The predicted octanol–water partition coefficient (Wildman–Crippen LogP) is 1.96. The summed E-state index contributed by atoms with van der Waals surface area (Å²) in [6.07, 6.45) is 2.38. The number of nitrogens with zero attached hydrogens (tertiary/aromatic N) is 1. The summed E-state index contributed by atoms with van der Waals surface area (Å²) in [4.78, 5) is 22.8. The van der Waals surface area contributed by atoms with Crippen molar-refractivity contribution in [2.45, 2.75) is 6.54 Å². The zero-order chi connectivity index (χ0) is 15.2. The molecule has 0 aliphatic carbocycles. The largest absolute Gasteiger partial charge is 0.497 e. The number of methoxy groups -OCH3 is 2. The molecule has 1 N–H and O–H groups in total. The fourth-order valence-corrected chi connectivity index (χ4v) is 1.92. The van der Waals surface area contributed by atoms with Crippen molar-refractivity contribution in [3.8, 4) is 11.5 Å². The molecule has 2 aromatic rings. The summed E-state index contributed by atoms with van der Waals surface area (Å²) in [7, 11) is 3.07. The first kappa shape index (κ1) is 14.6. The molecule has 0 saturated carbocycles. The number of aldehydes is 1. The van der Waals surface area contributed by atoms with Crippen LogP contribution in [-0.4, -0.2) is 31.0 Å². The Morgan fingerprint density at radius 3 is 2.76 bits per heavy atom. The number of carbonyl (C=O) groups excluding carboxylic acids is 2. The first-order chi connectivity index (χ1) is 10.2. The topological polar surface area (TPSA) is 69.6 Å². The van der Waals surface area contributed by atoms with Crippen molar-refractivity contribution in [3.63, 3.8) is 0 Å². The van der Waals surface area contributed by atoms with Crippen LogP contribution in [0.25, 0.3) is 0 Å². The molecule has 0 bridgehead atoms. The van der Waals surface area contributed by atoms with Crippen molar-refractivity contribution in [3.05, 3.63) is 42.2 Å². The average Bonchev–Trinajstić information content (AvgIpc) is 2.94. The average molecular weight is 288 g/mol. The van der Waals surface area contributed by atoms with Gasteiger partial charge in [-0.3, -0.25) is 9.59 Å². The first-order valence-corrected chi connectivity index (χ1v) is 6.30.